The van der Waals surface area contributed by atoms with E-state index in [1.165, 1.54) is 12.0 Å². The van der Waals surface area contributed by atoms with Crippen molar-refractivity contribution in [2.75, 3.05) is 20.4 Å². The summed E-state index contributed by atoms with van der Waals surface area (Å²) < 4.78 is 14.8. The van der Waals surface area contributed by atoms with Gasteiger partial charge < -0.3 is 14.2 Å². The van der Waals surface area contributed by atoms with E-state index >= 15 is 0 Å². The molecular formula is C10H17NO5. The Labute approximate surface area is 94.4 Å². The topological polar surface area (TPSA) is 65.1 Å². The van der Waals surface area contributed by atoms with Gasteiger partial charge in [0.05, 0.1) is 6.61 Å². The maximum Gasteiger partial charge on any atom is 0.413 e. The first-order valence-corrected chi connectivity index (χ1v) is 5.00. The van der Waals surface area contributed by atoms with Crippen molar-refractivity contribution in [1.82, 2.24) is 4.90 Å². The molecule has 1 atom stereocenters. The number of methoxy groups -OCH3 is 1. The molecule has 1 fully saturated rings. The highest BCUT2D eigenvalue weighted by atomic mass is 16.6. The second kappa shape index (κ2) is 4.69. The van der Waals surface area contributed by atoms with Gasteiger partial charge in [0.15, 0.2) is 12.8 Å². The van der Waals surface area contributed by atoms with Gasteiger partial charge in [0.2, 0.25) is 0 Å². The highest BCUT2D eigenvalue weighted by Gasteiger charge is 2.39. The third-order valence-corrected chi connectivity index (χ3v) is 1.95. The third-order valence-electron chi connectivity index (χ3n) is 1.95. The van der Waals surface area contributed by atoms with E-state index in [1.807, 2.05) is 0 Å². The Morgan fingerprint density at radius 2 is 2.19 bits per heavy atom. The van der Waals surface area contributed by atoms with Gasteiger partial charge in [-0.1, -0.05) is 0 Å². The minimum Gasteiger partial charge on any atom is -0.444 e. The molecule has 0 aromatic heterocycles. The summed E-state index contributed by atoms with van der Waals surface area (Å²) >= 11 is 0. The van der Waals surface area contributed by atoms with Crippen molar-refractivity contribution < 1.29 is 23.8 Å². The molecule has 0 unspecified atom stereocenters. The number of carbonyl (C=O) groups excluding carboxylic acids is 2. The van der Waals surface area contributed by atoms with Crippen molar-refractivity contribution in [1.29, 1.82) is 0 Å². The molecule has 0 aromatic rings. The van der Waals surface area contributed by atoms with Crippen molar-refractivity contribution in [2.24, 2.45) is 0 Å². The van der Waals surface area contributed by atoms with E-state index in [2.05, 4.69) is 0 Å². The number of esters is 1. The Hall–Kier alpha value is -1.30. The zero-order valence-corrected chi connectivity index (χ0v) is 9.98. The average Bonchev–Trinajstić information content (AvgIpc) is 2.46. The van der Waals surface area contributed by atoms with Crippen molar-refractivity contribution in [3.63, 3.8) is 0 Å². The smallest absolute Gasteiger partial charge is 0.413 e. The van der Waals surface area contributed by atoms with Gasteiger partial charge in [0.25, 0.3) is 0 Å². The van der Waals surface area contributed by atoms with Crippen LogP contribution in [0.3, 0.4) is 0 Å². The van der Waals surface area contributed by atoms with Crippen LogP contribution in [0, 0.1) is 0 Å². The molecule has 1 rings (SSSR count). The summed E-state index contributed by atoms with van der Waals surface area (Å²) in [5.41, 5.74) is -0.597. The first-order valence-electron chi connectivity index (χ1n) is 5.00. The fourth-order valence-corrected chi connectivity index (χ4v) is 1.26. The lowest BCUT2D eigenvalue weighted by atomic mass is 10.2. The zero-order chi connectivity index (χ0) is 12.3. The van der Waals surface area contributed by atoms with Gasteiger partial charge in [0.1, 0.15) is 5.60 Å². The zero-order valence-electron chi connectivity index (χ0n) is 9.98. The maximum atomic E-state index is 11.7. The Kier molecular flexibility index (Phi) is 3.74. The minimum absolute atomic E-state index is 0.0816. The summed E-state index contributed by atoms with van der Waals surface area (Å²) in [5, 5.41) is 0. The lowest BCUT2D eigenvalue weighted by Gasteiger charge is -2.25. The van der Waals surface area contributed by atoms with E-state index in [1.54, 1.807) is 20.8 Å². The van der Waals surface area contributed by atoms with Gasteiger partial charge in [-0.25, -0.2) is 9.59 Å². The van der Waals surface area contributed by atoms with Crippen LogP contribution in [0.15, 0.2) is 0 Å². The summed E-state index contributed by atoms with van der Waals surface area (Å²) in [6.45, 7) is 5.30. The van der Waals surface area contributed by atoms with E-state index in [0.29, 0.717) is 0 Å². The summed E-state index contributed by atoms with van der Waals surface area (Å²) in [5.74, 6) is -0.465. The molecule has 0 aliphatic carbocycles. The molecule has 1 aliphatic rings. The summed E-state index contributed by atoms with van der Waals surface area (Å²) in [4.78, 5) is 24.2. The number of ether oxygens (including phenoxy) is 3. The van der Waals surface area contributed by atoms with E-state index < -0.39 is 23.7 Å². The van der Waals surface area contributed by atoms with E-state index in [9.17, 15) is 9.59 Å². The molecule has 0 saturated carbocycles. The molecule has 92 valence electrons. The molecule has 16 heavy (non-hydrogen) atoms. The van der Waals surface area contributed by atoms with Crippen LogP contribution < -0.4 is 0 Å². The van der Waals surface area contributed by atoms with Crippen LogP contribution in [-0.2, 0) is 19.0 Å². The molecule has 1 aliphatic heterocycles. The number of amides is 1. The van der Waals surface area contributed by atoms with Crippen LogP contribution in [0.4, 0.5) is 4.79 Å². The first-order chi connectivity index (χ1) is 7.35. The largest absolute Gasteiger partial charge is 0.444 e. The van der Waals surface area contributed by atoms with Crippen LogP contribution in [0.25, 0.3) is 0 Å². The molecule has 6 nitrogen and oxygen atoms in total. The average molecular weight is 231 g/mol. The molecule has 0 spiro atoms. The quantitative estimate of drug-likeness (QED) is 0.656. The third kappa shape index (κ3) is 3.10. The molecule has 1 amide bonds. The number of hydrogen-bond acceptors (Lipinski definition) is 5. The van der Waals surface area contributed by atoms with Gasteiger partial charge >= 0.3 is 12.1 Å². The van der Waals surface area contributed by atoms with Crippen molar-refractivity contribution in [2.45, 2.75) is 32.4 Å². The Morgan fingerprint density at radius 1 is 1.56 bits per heavy atom. The lowest BCUT2D eigenvalue weighted by molar-refractivity contribution is -0.140. The summed E-state index contributed by atoms with van der Waals surface area (Å²) in [7, 11) is 1.46. The monoisotopic (exact) mass is 231 g/mol. The van der Waals surface area contributed by atoms with Crippen LogP contribution in [0.1, 0.15) is 20.8 Å². The predicted octanol–water partition coefficient (Wildman–Crippen LogP) is 0.753. The number of cyclic esters (lactones) is 1. The fourth-order valence-electron chi connectivity index (χ4n) is 1.26. The lowest BCUT2D eigenvalue weighted by Crippen LogP contribution is -2.43. The molecule has 1 heterocycles. The Morgan fingerprint density at radius 3 is 2.69 bits per heavy atom. The van der Waals surface area contributed by atoms with Crippen LogP contribution >= 0.6 is 0 Å². The summed E-state index contributed by atoms with van der Waals surface area (Å²) in [6, 6.07) is -0.708. The standard InChI is InChI=1S/C10H17NO5/c1-10(2,3)16-9(13)11-6-15-8(12)7(11)5-14-4/h7H,5-6H2,1-4H3/t7-/m1/s1. The molecule has 6 heteroatoms. The van der Waals surface area contributed by atoms with E-state index in [-0.39, 0.29) is 13.3 Å². The molecular weight excluding hydrogens is 214 g/mol. The van der Waals surface area contributed by atoms with Gasteiger partial charge in [0, 0.05) is 7.11 Å². The van der Waals surface area contributed by atoms with E-state index in [4.69, 9.17) is 14.2 Å². The van der Waals surface area contributed by atoms with Gasteiger partial charge in [-0.3, -0.25) is 4.90 Å². The van der Waals surface area contributed by atoms with Crippen LogP contribution in [0.5, 0.6) is 0 Å². The molecule has 0 aromatic carbocycles. The van der Waals surface area contributed by atoms with Crippen molar-refractivity contribution in [3.05, 3.63) is 0 Å². The number of carbonyl (C=O) groups is 2. The first kappa shape index (κ1) is 12.8. The number of nitrogens with zero attached hydrogens (tertiary/aromatic N) is 1. The normalized spacial score (nSPS) is 20.9. The van der Waals surface area contributed by atoms with Gasteiger partial charge in [-0.15, -0.1) is 0 Å². The van der Waals surface area contributed by atoms with Crippen molar-refractivity contribution >= 4 is 12.1 Å². The Bertz CT molecular complexity index is 283. The Balaban J connectivity index is 2.65. The number of rotatable bonds is 2. The predicted molar refractivity (Wildman–Crippen MR) is 54.7 cm³/mol. The molecule has 0 radical (unpaired) electrons. The van der Waals surface area contributed by atoms with Crippen molar-refractivity contribution in [3.8, 4) is 0 Å². The van der Waals surface area contributed by atoms with Gasteiger partial charge in [-0.05, 0) is 20.8 Å². The summed E-state index contributed by atoms with van der Waals surface area (Å²) in [6.07, 6.45) is -0.569. The molecule has 1 saturated heterocycles. The van der Waals surface area contributed by atoms with Gasteiger partial charge in [-0.2, -0.15) is 0 Å². The second-order valence-electron chi connectivity index (χ2n) is 4.51. The minimum atomic E-state index is -0.708. The second-order valence-corrected chi connectivity index (χ2v) is 4.51. The molecule has 0 bridgehead atoms. The number of hydrogen-bond donors (Lipinski definition) is 0. The SMILES string of the molecule is COC[C@@H]1C(=O)OCN1C(=O)OC(C)(C)C. The fraction of sp³-hybridized carbons (Fsp3) is 0.800. The highest BCUT2D eigenvalue weighted by Crippen LogP contribution is 2.16. The highest BCUT2D eigenvalue weighted by molar-refractivity contribution is 5.84. The molecule has 0 N–H and O–H groups in total. The van der Waals surface area contributed by atoms with E-state index in [0.717, 1.165) is 0 Å². The van der Waals surface area contributed by atoms with Crippen LogP contribution in [0.2, 0.25) is 0 Å². The maximum absolute atomic E-state index is 11.7. The van der Waals surface area contributed by atoms with Crippen LogP contribution in [-0.4, -0.2) is 49.1 Å².